The van der Waals surface area contributed by atoms with Crippen LogP contribution in [0.3, 0.4) is 0 Å². The van der Waals surface area contributed by atoms with Crippen molar-refractivity contribution in [2.45, 2.75) is 44.8 Å². The SMILES string of the molecule is CNC(c1ccc(C)nc1)C1(C)CCCCO1. The number of nitrogens with zero attached hydrogens (tertiary/aromatic N) is 1. The molecule has 1 N–H and O–H groups in total. The van der Waals surface area contributed by atoms with E-state index in [-0.39, 0.29) is 11.6 Å². The van der Waals surface area contributed by atoms with Gasteiger partial charge in [-0.2, -0.15) is 0 Å². The Morgan fingerprint density at radius 3 is 2.76 bits per heavy atom. The number of hydrogen-bond acceptors (Lipinski definition) is 3. The number of aryl methyl sites for hydroxylation is 1. The van der Waals surface area contributed by atoms with E-state index in [1.807, 2.05) is 20.2 Å². The highest BCUT2D eigenvalue weighted by atomic mass is 16.5. The van der Waals surface area contributed by atoms with Gasteiger partial charge in [0.15, 0.2) is 0 Å². The van der Waals surface area contributed by atoms with Gasteiger partial charge in [0.05, 0.1) is 11.6 Å². The zero-order valence-corrected chi connectivity index (χ0v) is 11.0. The van der Waals surface area contributed by atoms with E-state index >= 15 is 0 Å². The van der Waals surface area contributed by atoms with Crippen molar-refractivity contribution < 1.29 is 4.74 Å². The predicted octanol–water partition coefficient (Wildman–Crippen LogP) is 2.61. The van der Waals surface area contributed by atoms with Crippen molar-refractivity contribution in [3.63, 3.8) is 0 Å². The van der Waals surface area contributed by atoms with Gasteiger partial charge >= 0.3 is 0 Å². The van der Waals surface area contributed by atoms with Gasteiger partial charge in [0.2, 0.25) is 0 Å². The lowest BCUT2D eigenvalue weighted by molar-refractivity contribution is -0.0885. The first-order valence-corrected chi connectivity index (χ1v) is 6.39. The van der Waals surface area contributed by atoms with Gasteiger partial charge in [0, 0.05) is 18.5 Å². The standard InChI is InChI=1S/C14H22N2O/c1-11-6-7-12(10-16-11)13(15-3)14(2)8-4-5-9-17-14/h6-7,10,13,15H,4-5,8-9H2,1-3H3. The molecule has 94 valence electrons. The lowest BCUT2D eigenvalue weighted by Gasteiger charge is -2.40. The van der Waals surface area contributed by atoms with Gasteiger partial charge < -0.3 is 10.1 Å². The number of rotatable bonds is 3. The van der Waals surface area contributed by atoms with Gasteiger partial charge in [0.1, 0.15) is 0 Å². The van der Waals surface area contributed by atoms with Gasteiger partial charge in [-0.25, -0.2) is 0 Å². The number of hydrogen-bond donors (Lipinski definition) is 1. The summed E-state index contributed by atoms with van der Waals surface area (Å²) in [5.41, 5.74) is 2.16. The molecule has 2 rings (SSSR count). The molecule has 1 saturated heterocycles. The summed E-state index contributed by atoms with van der Waals surface area (Å²) in [7, 11) is 1.99. The second-order valence-electron chi connectivity index (χ2n) is 5.07. The Balaban J connectivity index is 2.22. The molecule has 1 aliphatic heterocycles. The molecular formula is C14H22N2O. The molecule has 3 heteroatoms. The summed E-state index contributed by atoms with van der Waals surface area (Å²) < 4.78 is 6.01. The Hall–Kier alpha value is -0.930. The van der Waals surface area contributed by atoms with Gasteiger partial charge in [-0.05, 0) is 51.8 Å². The van der Waals surface area contributed by atoms with Crippen molar-refractivity contribution in [3.05, 3.63) is 29.6 Å². The van der Waals surface area contributed by atoms with Crippen LogP contribution in [-0.4, -0.2) is 24.2 Å². The zero-order valence-electron chi connectivity index (χ0n) is 11.0. The molecule has 0 spiro atoms. The third-order valence-corrected chi connectivity index (χ3v) is 3.67. The quantitative estimate of drug-likeness (QED) is 0.873. The highest BCUT2D eigenvalue weighted by Crippen LogP contribution is 2.36. The van der Waals surface area contributed by atoms with Crippen molar-refractivity contribution in [3.8, 4) is 0 Å². The summed E-state index contributed by atoms with van der Waals surface area (Å²) in [6.45, 7) is 5.08. The van der Waals surface area contributed by atoms with Crippen molar-refractivity contribution in [1.82, 2.24) is 10.3 Å². The first-order chi connectivity index (χ1) is 8.15. The van der Waals surface area contributed by atoms with Crippen molar-refractivity contribution in [1.29, 1.82) is 0 Å². The van der Waals surface area contributed by atoms with Crippen molar-refractivity contribution in [2.24, 2.45) is 0 Å². The molecule has 0 bridgehead atoms. The number of pyridine rings is 1. The molecule has 0 amide bonds. The van der Waals surface area contributed by atoms with Crippen LogP contribution in [0.5, 0.6) is 0 Å². The van der Waals surface area contributed by atoms with E-state index < -0.39 is 0 Å². The molecule has 1 fully saturated rings. The first kappa shape index (κ1) is 12.5. The van der Waals surface area contributed by atoms with Crippen LogP contribution in [0.4, 0.5) is 0 Å². The fraction of sp³-hybridized carbons (Fsp3) is 0.643. The molecule has 1 aliphatic rings. The van der Waals surface area contributed by atoms with E-state index in [0.717, 1.165) is 18.7 Å². The summed E-state index contributed by atoms with van der Waals surface area (Å²) in [5.74, 6) is 0. The van der Waals surface area contributed by atoms with Crippen molar-refractivity contribution in [2.75, 3.05) is 13.7 Å². The van der Waals surface area contributed by atoms with Crippen LogP contribution in [0.25, 0.3) is 0 Å². The average Bonchev–Trinajstić information content (AvgIpc) is 2.33. The second kappa shape index (κ2) is 5.15. The van der Waals surface area contributed by atoms with Gasteiger partial charge in [-0.3, -0.25) is 4.98 Å². The van der Waals surface area contributed by atoms with Crippen LogP contribution in [-0.2, 0) is 4.74 Å². The van der Waals surface area contributed by atoms with Gasteiger partial charge in [0.25, 0.3) is 0 Å². The molecule has 2 heterocycles. The van der Waals surface area contributed by atoms with E-state index in [4.69, 9.17) is 4.74 Å². The van der Waals surface area contributed by atoms with Crippen LogP contribution >= 0.6 is 0 Å². The minimum atomic E-state index is -0.107. The molecule has 1 aromatic heterocycles. The average molecular weight is 234 g/mol. The molecule has 0 radical (unpaired) electrons. The van der Waals surface area contributed by atoms with E-state index in [1.165, 1.54) is 18.4 Å². The van der Waals surface area contributed by atoms with Crippen LogP contribution in [0.15, 0.2) is 18.3 Å². The van der Waals surface area contributed by atoms with E-state index in [0.29, 0.717) is 0 Å². The van der Waals surface area contributed by atoms with Crippen LogP contribution < -0.4 is 5.32 Å². The number of ether oxygens (including phenoxy) is 1. The monoisotopic (exact) mass is 234 g/mol. The van der Waals surface area contributed by atoms with Crippen LogP contribution in [0.2, 0.25) is 0 Å². The molecule has 0 aromatic carbocycles. The number of nitrogens with one attached hydrogen (secondary N) is 1. The summed E-state index contributed by atoms with van der Waals surface area (Å²) in [6, 6.07) is 4.43. The molecule has 2 unspecified atom stereocenters. The smallest absolute Gasteiger partial charge is 0.0848 e. The fourth-order valence-electron chi connectivity index (χ4n) is 2.66. The largest absolute Gasteiger partial charge is 0.373 e. The predicted molar refractivity (Wildman–Crippen MR) is 69.0 cm³/mol. The maximum atomic E-state index is 6.01. The number of likely N-dealkylation sites (N-methyl/N-ethyl adjacent to an activating group) is 1. The summed E-state index contributed by atoms with van der Waals surface area (Å²) >= 11 is 0. The summed E-state index contributed by atoms with van der Waals surface area (Å²) in [4.78, 5) is 4.38. The maximum Gasteiger partial charge on any atom is 0.0848 e. The molecule has 0 aliphatic carbocycles. The molecule has 2 atom stereocenters. The second-order valence-corrected chi connectivity index (χ2v) is 5.07. The lowest BCUT2D eigenvalue weighted by Crippen LogP contribution is -2.44. The van der Waals surface area contributed by atoms with Gasteiger partial charge in [-0.15, -0.1) is 0 Å². The molecule has 17 heavy (non-hydrogen) atoms. The topological polar surface area (TPSA) is 34.2 Å². The van der Waals surface area contributed by atoms with E-state index in [9.17, 15) is 0 Å². The molecule has 3 nitrogen and oxygen atoms in total. The van der Waals surface area contributed by atoms with Gasteiger partial charge in [-0.1, -0.05) is 6.07 Å². The summed E-state index contributed by atoms with van der Waals surface area (Å²) in [5, 5.41) is 3.38. The van der Waals surface area contributed by atoms with Crippen molar-refractivity contribution >= 4 is 0 Å². The Bertz CT molecular complexity index is 355. The molecular weight excluding hydrogens is 212 g/mol. The fourth-order valence-corrected chi connectivity index (χ4v) is 2.66. The third kappa shape index (κ3) is 2.67. The zero-order chi connectivity index (χ0) is 12.3. The highest BCUT2D eigenvalue weighted by Gasteiger charge is 2.36. The van der Waals surface area contributed by atoms with E-state index in [2.05, 4.69) is 29.4 Å². The molecule has 1 aromatic rings. The third-order valence-electron chi connectivity index (χ3n) is 3.67. The first-order valence-electron chi connectivity index (χ1n) is 6.39. The molecule has 0 saturated carbocycles. The lowest BCUT2D eigenvalue weighted by atomic mass is 9.84. The number of aromatic nitrogens is 1. The maximum absolute atomic E-state index is 6.01. The normalized spacial score (nSPS) is 26.8. The Morgan fingerprint density at radius 2 is 2.24 bits per heavy atom. The Kier molecular flexibility index (Phi) is 3.79. The van der Waals surface area contributed by atoms with E-state index in [1.54, 1.807) is 0 Å². The highest BCUT2D eigenvalue weighted by molar-refractivity contribution is 5.20. The Morgan fingerprint density at radius 1 is 1.41 bits per heavy atom. The minimum Gasteiger partial charge on any atom is -0.373 e. The minimum absolute atomic E-state index is 0.107. The summed E-state index contributed by atoms with van der Waals surface area (Å²) in [6.07, 6.45) is 5.48. The van der Waals surface area contributed by atoms with Crippen LogP contribution in [0.1, 0.15) is 43.5 Å². The Labute approximate surface area is 104 Å². The van der Waals surface area contributed by atoms with Crippen LogP contribution in [0, 0.1) is 6.92 Å².